The second kappa shape index (κ2) is 24.0. The molecule has 338 valence electrons. The summed E-state index contributed by atoms with van der Waals surface area (Å²) in [6, 6.07) is -0.732. The molecule has 3 rings (SSSR count). The minimum Gasteiger partial charge on any atom is -0.462 e. The zero-order chi connectivity index (χ0) is 44.0. The minimum atomic E-state index is -1.45. The van der Waals surface area contributed by atoms with Crippen molar-refractivity contribution in [3.8, 4) is 0 Å². The van der Waals surface area contributed by atoms with Crippen LogP contribution in [0.3, 0.4) is 0 Å². The summed E-state index contributed by atoms with van der Waals surface area (Å²) < 4.78 is 54.9. The van der Waals surface area contributed by atoms with Crippen molar-refractivity contribution in [1.29, 1.82) is 0 Å². The molecule has 2 saturated heterocycles. The molecule has 0 aromatic rings. The van der Waals surface area contributed by atoms with Crippen molar-refractivity contribution < 1.29 is 72.0 Å². The average molecular weight is 842 g/mol. The van der Waals surface area contributed by atoms with Crippen LogP contribution in [0.15, 0.2) is 24.3 Å². The number of hydrogen-bond donors (Lipinski definition) is 2. The quantitative estimate of drug-likeness (QED) is 0.146. The second-order valence-corrected chi connectivity index (χ2v) is 16.5. The molecule has 2 fully saturated rings. The van der Waals surface area contributed by atoms with E-state index < -0.39 is 110 Å². The van der Waals surface area contributed by atoms with Gasteiger partial charge in [-0.1, -0.05) is 39.0 Å². The van der Waals surface area contributed by atoms with E-state index in [1.807, 2.05) is 26.8 Å². The first-order valence-corrected chi connectivity index (χ1v) is 21.0. The third kappa shape index (κ3) is 14.1. The van der Waals surface area contributed by atoms with Gasteiger partial charge in [-0.15, -0.1) is 0 Å². The number of hydrogen-bond acceptors (Lipinski definition) is 16. The van der Waals surface area contributed by atoms with E-state index in [9.17, 15) is 29.4 Å². The highest BCUT2D eigenvalue weighted by Gasteiger charge is 2.53. The molecule has 0 saturated carbocycles. The predicted octanol–water partition coefficient (Wildman–Crippen LogP) is 3.81. The summed E-state index contributed by atoms with van der Waals surface area (Å²) in [4.78, 5) is 52.2. The third-order valence-electron chi connectivity index (χ3n) is 11.5. The highest BCUT2D eigenvalue weighted by molar-refractivity contribution is 5.70. The summed E-state index contributed by atoms with van der Waals surface area (Å²) in [5, 5.41) is 23.7. The van der Waals surface area contributed by atoms with Crippen molar-refractivity contribution >= 4 is 24.2 Å². The lowest BCUT2D eigenvalue weighted by molar-refractivity contribution is -0.345. The third-order valence-corrected chi connectivity index (χ3v) is 11.5. The van der Waals surface area contributed by atoms with Crippen molar-refractivity contribution in [2.45, 2.75) is 185 Å². The fraction of sp³-hybridized carbons (Fsp3) is 0.814. The van der Waals surface area contributed by atoms with Gasteiger partial charge >= 0.3 is 17.9 Å². The lowest BCUT2D eigenvalue weighted by Gasteiger charge is -2.51. The first kappa shape index (κ1) is 50.6. The number of methoxy groups -OCH3 is 2. The van der Waals surface area contributed by atoms with Crippen LogP contribution in [0.5, 0.6) is 0 Å². The normalized spacial score (nSPS) is 40.1. The van der Waals surface area contributed by atoms with Gasteiger partial charge in [-0.05, 0) is 72.5 Å². The van der Waals surface area contributed by atoms with Crippen molar-refractivity contribution in [2.24, 2.45) is 11.8 Å². The van der Waals surface area contributed by atoms with Crippen LogP contribution < -0.4 is 0 Å². The van der Waals surface area contributed by atoms with Gasteiger partial charge in [0.2, 0.25) is 0 Å². The van der Waals surface area contributed by atoms with Crippen molar-refractivity contribution in [3.63, 3.8) is 0 Å². The number of aldehydes is 1. The highest BCUT2D eigenvalue weighted by Crippen LogP contribution is 2.39. The van der Waals surface area contributed by atoms with Gasteiger partial charge in [0.25, 0.3) is 0 Å². The molecule has 16 atom stereocenters. The molecule has 0 spiro atoms. The molecule has 16 heteroatoms. The zero-order valence-corrected chi connectivity index (χ0v) is 36.9. The zero-order valence-electron chi connectivity index (χ0n) is 36.9. The lowest BCUT2D eigenvalue weighted by atomic mass is 9.82. The predicted molar refractivity (Wildman–Crippen MR) is 215 cm³/mol. The monoisotopic (exact) mass is 841 g/mol. The maximum atomic E-state index is 13.0. The van der Waals surface area contributed by atoms with E-state index >= 15 is 0 Å². The Morgan fingerprint density at radius 3 is 2.29 bits per heavy atom. The van der Waals surface area contributed by atoms with Crippen molar-refractivity contribution in [2.75, 3.05) is 28.3 Å². The molecule has 3 heterocycles. The number of aliphatic hydroxyl groups excluding tert-OH is 2. The van der Waals surface area contributed by atoms with Gasteiger partial charge in [-0.3, -0.25) is 14.4 Å². The summed E-state index contributed by atoms with van der Waals surface area (Å²) in [7, 11) is 6.47. The first-order valence-electron chi connectivity index (χ1n) is 21.0. The smallest absolute Gasteiger partial charge is 0.308 e. The number of allylic oxidation sites excluding steroid dienone is 2. The van der Waals surface area contributed by atoms with Crippen LogP contribution in [-0.4, -0.2) is 153 Å². The molecule has 0 bridgehead atoms. The second-order valence-electron chi connectivity index (χ2n) is 16.5. The molecule has 0 aliphatic carbocycles. The van der Waals surface area contributed by atoms with Crippen LogP contribution in [0.25, 0.3) is 0 Å². The molecule has 59 heavy (non-hydrogen) atoms. The molecule has 2 N–H and O–H groups in total. The van der Waals surface area contributed by atoms with E-state index in [1.165, 1.54) is 7.11 Å². The Morgan fingerprint density at radius 2 is 1.68 bits per heavy atom. The fourth-order valence-electron chi connectivity index (χ4n) is 8.22. The van der Waals surface area contributed by atoms with Crippen LogP contribution in [-0.2, 0) is 61.8 Å². The summed E-state index contributed by atoms with van der Waals surface area (Å²) in [6.45, 7) is 12.6. The number of nitrogens with zero attached hydrogens (tertiary/aromatic N) is 1. The number of likely N-dealkylation sites (N-methyl/N-ethyl adjacent to an activating group) is 1. The molecule has 3 aliphatic rings. The standard InChI is InChI=1S/C43H71NO15/c1-12-17-33(48)57-41-28(6)54-35(24-43(41,7)52-11)58-38-27(5)55-42(37(50)36(38)44(8)9)59-39-29(20-21-45)22-25(3)31(56-32(47)13-2)19-16-14-15-18-26(4)53-34(49)23-30(46)40(39)51-10/h14-16,19,21,25-31,35-42,46,50H,12-13,17-18,20,22-24H2,1-11H3/b15-14+,19-16+/t25-,26-,27-,28+,29+,30-,31+,35+,36-,37-,38-,39+,40+,41+,42+,43-/m1/s1. The molecule has 3 aliphatic heterocycles. The number of rotatable bonds is 14. The van der Waals surface area contributed by atoms with Crippen molar-refractivity contribution in [1.82, 2.24) is 4.90 Å². The van der Waals surface area contributed by atoms with Crippen LogP contribution in [0, 0.1) is 11.8 Å². The van der Waals surface area contributed by atoms with Gasteiger partial charge in [0.1, 0.15) is 42.4 Å². The number of ether oxygens (including phenoxy) is 9. The van der Waals surface area contributed by atoms with E-state index in [2.05, 4.69) is 0 Å². The maximum Gasteiger partial charge on any atom is 0.308 e. The van der Waals surface area contributed by atoms with Gasteiger partial charge in [0, 0.05) is 46.3 Å². The Hall–Kier alpha value is -2.80. The van der Waals surface area contributed by atoms with Crippen molar-refractivity contribution in [3.05, 3.63) is 24.3 Å². The van der Waals surface area contributed by atoms with Crippen LogP contribution >= 0.6 is 0 Å². The Labute approximate surface area is 350 Å². The number of esters is 3. The van der Waals surface area contributed by atoms with Gasteiger partial charge in [-0.2, -0.15) is 0 Å². The Balaban J connectivity index is 1.98. The molecular weight excluding hydrogens is 770 g/mol. The van der Waals surface area contributed by atoms with Gasteiger partial charge in [0.15, 0.2) is 18.7 Å². The molecular formula is C43H71NO15. The van der Waals surface area contributed by atoms with E-state index in [0.717, 1.165) is 6.29 Å². The fourth-order valence-corrected chi connectivity index (χ4v) is 8.22. The lowest BCUT2D eigenvalue weighted by Crippen LogP contribution is -2.66. The molecule has 0 radical (unpaired) electrons. The minimum absolute atomic E-state index is 0.0629. The van der Waals surface area contributed by atoms with E-state index in [4.69, 9.17) is 42.6 Å². The van der Waals surface area contributed by atoms with E-state index in [1.54, 1.807) is 72.0 Å². The Bertz CT molecular complexity index is 1390. The topological polar surface area (TPSA) is 195 Å². The Morgan fingerprint density at radius 1 is 0.966 bits per heavy atom. The molecule has 0 unspecified atom stereocenters. The van der Waals surface area contributed by atoms with Gasteiger partial charge < -0.3 is 62.5 Å². The van der Waals surface area contributed by atoms with E-state index in [0.29, 0.717) is 12.8 Å². The summed E-state index contributed by atoms with van der Waals surface area (Å²) >= 11 is 0. The highest BCUT2D eigenvalue weighted by atomic mass is 16.7. The maximum absolute atomic E-state index is 13.0. The molecule has 16 nitrogen and oxygen atoms in total. The van der Waals surface area contributed by atoms with Gasteiger partial charge in [-0.25, -0.2) is 0 Å². The number of aliphatic hydroxyl groups is 2. The first-order chi connectivity index (χ1) is 27.9. The Kier molecular flexibility index (Phi) is 20.6. The average Bonchev–Trinajstić information content (AvgIpc) is 3.16. The molecule has 0 amide bonds. The number of carbonyl (C=O) groups is 4. The molecule has 0 aromatic heterocycles. The SMILES string of the molecule is CCCC(=O)O[C@H]1[C@H](C)O[C@@H](O[C@H]2[C@H](N(C)C)[C@@H](O)[C@H](O[C@H]3[C@@H](CC=O)C[C@@H](C)[C@@H](OC(=O)CC)/C=C/C=C/C[C@@H](C)OC(=O)C[C@@H](O)[C@@H]3OC)O[C@@H]2C)C[C@@]1(C)OC. The largest absolute Gasteiger partial charge is 0.462 e. The van der Waals surface area contributed by atoms with E-state index in [-0.39, 0.29) is 44.0 Å². The number of cyclic esters (lactones) is 1. The molecule has 0 aromatic carbocycles. The van der Waals surface area contributed by atoms with Crippen LogP contribution in [0.1, 0.15) is 99.8 Å². The van der Waals surface area contributed by atoms with Gasteiger partial charge in [0.05, 0.1) is 36.9 Å². The summed E-state index contributed by atoms with van der Waals surface area (Å²) in [6.07, 6.45) is -1.94. The van der Waals surface area contributed by atoms with Crippen LogP contribution in [0.4, 0.5) is 0 Å². The number of carbonyl (C=O) groups excluding carboxylic acids is 4. The summed E-state index contributed by atoms with van der Waals surface area (Å²) in [5.74, 6) is -2.44. The van der Waals surface area contributed by atoms with Crippen LogP contribution in [0.2, 0.25) is 0 Å². The summed E-state index contributed by atoms with van der Waals surface area (Å²) in [5.41, 5.74) is -0.946.